The van der Waals surface area contributed by atoms with Crippen molar-refractivity contribution < 1.29 is 5.11 Å². The van der Waals surface area contributed by atoms with E-state index < -0.39 is 0 Å². The molecule has 0 aromatic heterocycles. The molecule has 0 bridgehead atoms. The number of rotatable bonds is 8. The van der Waals surface area contributed by atoms with Crippen LogP contribution in [0.25, 0.3) is 0 Å². The van der Waals surface area contributed by atoms with Crippen molar-refractivity contribution in [1.29, 1.82) is 0 Å². The van der Waals surface area contributed by atoms with Crippen LogP contribution < -0.4 is 0 Å². The Hall–Kier alpha value is -0.0800. The molecule has 1 atom stereocenters. The van der Waals surface area contributed by atoms with Gasteiger partial charge >= 0.3 is 0 Å². The molecule has 1 saturated carbocycles. The lowest BCUT2D eigenvalue weighted by Gasteiger charge is -2.31. The highest BCUT2D eigenvalue weighted by Crippen LogP contribution is 2.27. The maximum absolute atomic E-state index is 9.15. The van der Waals surface area contributed by atoms with Crippen LogP contribution in [0.5, 0.6) is 0 Å². The van der Waals surface area contributed by atoms with Gasteiger partial charge in [0.15, 0.2) is 0 Å². The van der Waals surface area contributed by atoms with Gasteiger partial charge in [-0.05, 0) is 58.0 Å². The summed E-state index contributed by atoms with van der Waals surface area (Å²) in [6, 6.07) is 0. The zero-order valence-corrected chi connectivity index (χ0v) is 10.4. The van der Waals surface area contributed by atoms with Gasteiger partial charge in [-0.2, -0.15) is 0 Å². The van der Waals surface area contributed by atoms with E-state index in [1.807, 2.05) is 6.92 Å². The average molecular weight is 213 g/mol. The van der Waals surface area contributed by atoms with Crippen molar-refractivity contribution >= 4 is 0 Å². The lowest BCUT2D eigenvalue weighted by molar-refractivity contribution is 0.165. The Labute approximate surface area is 94.7 Å². The van der Waals surface area contributed by atoms with E-state index in [1.54, 1.807) is 0 Å². The Bertz CT molecular complexity index is 155. The van der Waals surface area contributed by atoms with Crippen molar-refractivity contribution in [2.75, 3.05) is 19.6 Å². The highest BCUT2D eigenvalue weighted by molar-refractivity contribution is 4.73. The van der Waals surface area contributed by atoms with Gasteiger partial charge in [0.1, 0.15) is 0 Å². The van der Waals surface area contributed by atoms with Crippen molar-refractivity contribution in [3.8, 4) is 0 Å². The number of aliphatic hydroxyl groups is 1. The van der Waals surface area contributed by atoms with Gasteiger partial charge in [0.25, 0.3) is 0 Å². The molecule has 1 unspecified atom stereocenters. The standard InChI is InChI=1S/C13H27NO/c1-3-14(11-13-8-6-9-13)10-5-4-7-12(2)15/h12-13,15H,3-11H2,1-2H3. The quantitative estimate of drug-likeness (QED) is 0.627. The van der Waals surface area contributed by atoms with Gasteiger partial charge < -0.3 is 10.0 Å². The number of aliphatic hydroxyl groups excluding tert-OH is 1. The van der Waals surface area contributed by atoms with Crippen LogP contribution in [0.1, 0.15) is 52.4 Å². The van der Waals surface area contributed by atoms with E-state index in [0.717, 1.165) is 12.3 Å². The Kier molecular flexibility index (Phi) is 6.26. The molecular weight excluding hydrogens is 186 g/mol. The molecule has 0 heterocycles. The predicted molar refractivity (Wildman–Crippen MR) is 65.0 cm³/mol. The molecule has 2 nitrogen and oxygen atoms in total. The van der Waals surface area contributed by atoms with Gasteiger partial charge in [0, 0.05) is 6.54 Å². The van der Waals surface area contributed by atoms with Gasteiger partial charge in [-0.15, -0.1) is 0 Å². The second-order valence-corrected chi connectivity index (χ2v) is 5.03. The SMILES string of the molecule is CCN(CCCCC(C)O)CC1CCC1. The van der Waals surface area contributed by atoms with Crippen molar-refractivity contribution in [3.63, 3.8) is 0 Å². The van der Waals surface area contributed by atoms with E-state index in [0.29, 0.717) is 0 Å². The van der Waals surface area contributed by atoms with E-state index in [9.17, 15) is 0 Å². The summed E-state index contributed by atoms with van der Waals surface area (Å²) in [6.45, 7) is 7.86. The summed E-state index contributed by atoms with van der Waals surface area (Å²) in [5, 5.41) is 9.15. The Morgan fingerprint density at radius 2 is 2.07 bits per heavy atom. The maximum Gasteiger partial charge on any atom is 0.0512 e. The van der Waals surface area contributed by atoms with Crippen LogP contribution in [-0.4, -0.2) is 35.7 Å². The molecule has 15 heavy (non-hydrogen) atoms. The molecule has 0 saturated heterocycles. The average Bonchev–Trinajstić information content (AvgIpc) is 2.13. The zero-order chi connectivity index (χ0) is 11.1. The maximum atomic E-state index is 9.15. The van der Waals surface area contributed by atoms with Crippen LogP contribution in [-0.2, 0) is 0 Å². The summed E-state index contributed by atoms with van der Waals surface area (Å²) in [5.74, 6) is 0.988. The topological polar surface area (TPSA) is 23.5 Å². The van der Waals surface area contributed by atoms with E-state index in [4.69, 9.17) is 5.11 Å². The molecule has 1 rings (SSSR count). The summed E-state index contributed by atoms with van der Waals surface area (Å²) in [7, 11) is 0. The summed E-state index contributed by atoms with van der Waals surface area (Å²) in [4.78, 5) is 2.58. The first-order valence-electron chi connectivity index (χ1n) is 6.62. The number of hydrogen-bond donors (Lipinski definition) is 1. The highest BCUT2D eigenvalue weighted by atomic mass is 16.3. The monoisotopic (exact) mass is 213 g/mol. The minimum absolute atomic E-state index is 0.119. The van der Waals surface area contributed by atoms with Crippen LogP contribution in [0, 0.1) is 5.92 Å². The largest absolute Gasteiger partial charge is 0.393 e. The lowest BCUT2D eigenvalue weighted by Crippen LogP contribution is -2.33. The Morgan fingerprint density at radius 1 is 1.33 bits per heavy atom. The van der Waals surface area contributed by atoms with Gasteiger partial charge in [0.05, 0.1) is 6.10 Å². The van der Waals surface area contributed by atoms with Crippen molar-refractivity contribution in [2.45, 2.75) is 58.5 Å². The van der Waals surface area contributed by atoms with E-state index in [2.05, 4.69) is 11.8 Å². The molecule has 2 heteroatoms. The molecular formula is C13H27NO. The molecule has 0 amide bonds. The van der Waals surface area contributed by atoms with Crippen molar-refractivity contribution in [2.24, 2.45) is 5.92 Å². The Balaban J connectivity index is 2.00. The Morgan fingerprint density at radius 3 is 2.53 bits per heavy atom. The summed E-state index contributed by atoms with van der Waals surface area (Å²) >= 11 is 0. The minimum Gasteiger partial charge on any atom is -0.393 e. The third-order valence-corrected chi connectivity index (χ3v) is 3.53. The third kappa shape index (κ3) is 5.53. The van der Waals surface area contributed by atoms with Crippen molar-refractivity contribution in [1.82, 2.24) is 4.90 Å². The summed E-state index contributed by atoms with van der Waals surface area (Å²) < 4.78 is 0. The van der Waals surface area contributed by atoms with E-state index >= 15 is 0 Å². The summed E-state index contributed by atoms with van der Waals surface area (Å²) in [5.41, 5.74) is 0. The number of hydrogen-bond acceptors (Lipinski definition) is 2. The van der Waals surface area contributed by atoms with Crippen LogP contribution >= 0.6 is 0 Å². The zero-order valence-electron chi connectivity index (χ0n) is 10.4. The second kappa shape index (κ2) is 7.24. The minimum atomic E-state index is -0.119. The van der Waals surface area contributed by atoms with Gasteiger partial charge in [-0.3, -0.25) is 0 Å². The number of unbranched alkanes of at least 4 members (excludes halogenated alkanes) is 1. The first kappa shape index (κ1) is 13.0. The van der Waals surface area contributed by atoms with Gasteiger partial charge in [-0.1, -0.05) is 13.3 Å². The van der Waals surface area contributed by atoms with Crippen LogP contribution in [0.2, 0.25) is 0 Å². The summed E-state index contributed by atoms with van der Waals surface area (Å²) in [6.07, 6.45) is 7.59. The second-order valence-electron chi connectivity index (χ2n) is 5.03. The van der Waals surface area contributed by atoms with Crippen LogP contribution in [0.3, 0.4) is 0 Å². The first-order chi connectivity index (χ1) is 7.22. The van der Waals surface area contributed by atoms with E-state index in [-0.39, 0.29) is 6.10 Å². The van der Waals surface area contributed by atoms with E-state index in [1.165, 1.54) is 51.7 Å². The lowest BCUT2D eigenvalue weighted by atomic mass is 9.85. The molecule has 1 N–H and O–H groups in total. The van der Waals surface area contributed by atoms with Gasteiger partial charge in [-0.25, -0.2) is 0 Å². The molecule has 1 aliphatic carbocycles. The molecule has 0 aliphatic heterocycles. The normalized spacial score (nSPS) is 19.2. The molecule has 0 aromatic rings. The van der Waals surface area contributed by atoms with Crippen molar-refractivity contribution in [3.05, 3.63) is 0 Å². The molecule has 90 valence electrons. The fraction of sp³-hybridized carbons (Fsp3) is 1.00. The van der Waals surface area contributed by atoms with Gasteiger partial charge in [0.2, 0.25) is 0 Å². The molecule has 0 aromatic carbocycles. The molecule has 1 fully saturated rings. The molecule has 1 aliphatic rings. The third-order valence-electron chi connectivity index (χ3n) is 3.53. The fourth-order valence-electron chi connectivity index (χ4n) is 2.19. The van der Waals surface area contributed by atoms with Crippen LogP contribution in [0.15, 0.2) is 0 Å². The predicted octanol–water partition coefficient (Wildman–Crippen LogP) is 2.66. The smallest absolute Gasteiger partial charge is 0.0512 e. The first-order valence-corrected chi connectivity index (χ1v) is 6.62. The number of nitrogens with zero attached hydrogens (tertiary/aromatic N) is 1. The van der Waals surface area contributed by atoms with Crippen LogP contribution in [0.4, 0.5) is 0 Å². The fourth-order valence-corrected chi connectivity index (χ4v) is 2.19. The molecule has 0 spiro atoms. The highest BCUT2D eigenvalue weighted by Gasteiger charge is 2.19. The molecule has 0 radical (unpaired) electrons.